The van der Waals surface area contributed by atoms with Crippen molar-refractivity contribution in [1.29, 1.82) is 0 Å². The van der Waals surface area contributed by atoms with Crippen molar-refractivity contribution < 1.29 is 8.37 Å². The SMILES string of the molecule is [c]1ccccc1-c1ccc2c(c1)SOCCOS2. The van der Waals surface area contributed by atoms with Crippen LogP contribution in [-0.2, 0) is 8.37 Å². The number of hydrogen-bond acceptors (Lipinski definition) is 4. The second kappa shape index (κ2) is 5.80. The lowest BCUT2D eigenvalue weighted by Crippen LogP contribution is -1.99. The lowest BCUT2D eigenvalue weighted by molar-refractivity contribution is 0.263. The van der Waals surface area contributed by atoms with Gasteiger partial charge < -0.3 is 8.37 Å². The van der Waals surface area contributed by atoms with Crippen LogP contribution in [0, 0.1) is 6.07 Å². The Kier molecular flexibility index (Phi) is 3.90. The molecule has 3 rings (SSSR count). The first kappa shape index (κ1) is 12.1. The summed E-state index contributed by atoms with van der Waals surface area (Å²) in [6.07, 6.45) is 0. The van der Waals surface area contributed by atoms with Crippen molar-refractivity contribution in [1.82, 2.24) is 0 Å². The van der Waals surface area contributed by atoms with Crippen molar-refractivity contribution in [3.8, 4) is 11.1 Å². The molecule has 2 nitrogen and oxygen atoms in total. The van der Waals surface area contributed by atoms with Crippen LogP contribution in [0.2, 0.25) is 0 Å². The van der Waals surface area contributed by atoms with E-state index < -0.39 is 0 Å². The minimum absolute atomic E-state index is 0.610. The van der Waals surface area contributed by atoms with Crippen molar-refractivity contribution in [3.63, 3.8) is 0 Å². The van der Waals surface area contributed by atoms with Crippen LogP contribution >= 0.6 is 24.1 Å². The molecule has 91 valence electrons. The van der Waals surface area contributed by atoms with Crippen LogP contribution in [0.15, 0.2) is 52.3 Å². The molecule has 0 amide bonds. The fourth-order valence-electron chi connectivity index (χ4n) is 1.66. The van der Waals surface area contributed by atoms with E-state index in [1.807, 2.05) is 18.2 Å². The third-order valence-corrected chi connectivity index (χ3v) is 4.26. The van der Waals surface area contributed by atoms with E-state index in [9.17, 15) is 0 Å². The van der Waals surface area contributed by atoms with E-state index in [0.717, 1.165) is 20.9 Å². The minimum atomic E-state index is 0.610. The third-order valence-electron chi connectivity index (χ3n) is 2.51. The molecule has 1 heterocycles. The number of benzene rings is 2. The number of fused-ring (bicyclic) bond motifs is 1. The van der Waals surface area contributed by atoms with Gasteiger partial charge in [0.1, 0.15) is 0 Å². The summed E-state index contributed by atoms with van der Waals surface area (Å²) in [5, 5.41) is 0. The van der Waals surface area contributed by atoms with Crippen LogP contribution in [0.1, 0.15) is 0 Å². The lowest BCUT2D eigenvalue weighted by Gasteiger charge is -2.13. The van der Waals surface area contributed by atoms with E-state index in [0.29, 0.717) is 13.2 Å². The molecule has 0 spiro atoms. The van der Waals surface area contributed by atoms with E-state index in [1.165, 1.54) is 24.1 Å². The van der Waals surface area contributed by atoms with Crippen molar-refractivity contribution in [3.05, 3.63) is 48.5 Å². The predicted molar refractivity (Wildman–Crippen MR) is 74.3 cm³/mol. The van der Waals surface area contributed by atoms with Crippen molar-refractivity contribution >= 4 is 24.1 Å². The maximum atomic E-state index is 5.46. The average Bonchev–Trinajstić information content (AvgIpc) is 2.40. The zero-order valence-corrected chi connectivity index (χ0v) is 11.2. The Balaban J connectivity index is 1.96. The zero-order chi connectivity index (χ0) is 12.2. The molecule has 1 aliphatic rings. The summed E-state index contributed by atoms with van der Waals surface area (Å²) in [6.45, 7) is 1.23. The van der Waals surface area contributed by atoms with Crippen LogP contribution in [0.5, 0.6) is 0 Å². The van der Waals surface area contributed by atoms with Gasteiger partial charge in [0.25, 0.3) is 0 Å². The smallest absolute Gasteiger partial charge is 0.0865 e. The summed E-state index contributed by atoms with van der Waals surface area (Å²) >= 11 is 2.83. The van der Waals surface area contributed by atoms with Crippen LogP contribution in [0.4, 0.5) is 0 Å². The molecule has 1 radical (unpaired) electrons. The van der Waals surface area contributed by atoms with Gasteiger partial charge in [0.15, 0.2) is 0 Å². The van der Waals surface area contributed by atoms with Gasteiger partial charge in [0, 0.05) is 24.1 Å². The van der Waals surface area contributed by atoms with Gasteiger partial charge in [0.05, 0.1) is 23.0 Å². The van der Waals surface area contributed by atoms with E-state index in [2.05, 4.69) is 30.3 Å². The van der Waals surface area contributed by atoms with Crippen molar-refractivity contribution in [2.24, 2.45) is 0 Å². The van der Waals surface area contributed by atoms with Gasteiger partial charge in [-0.1, -0.05) is 30.3 Å². The molecule has 0 saturated carbocycles. The first-order valence-corrected chi connectivity index (χ1v) is 7.12. The van der Waals surface area contributed by atoms with Crippen LogP contribution in [0.3, 0.4) is 0 Å². The van der Waals surface area contributed by atoms with Gasteiger partial charge in [-0.05, 0) is 29.3 Å². The van der Waals surface area contributed by atoms with E-state index in [-0.39, 0.29) is 0 Å². The van der Waals surface area contributed by atoms with Gasteiger partial charge in [0.2, 0.25) is 0 Å². The molecule has 0 aliphatic carbocycles. The standard InChI is InChI=1S/C14H11O2S2/c1-2-4-11(5-3-1)12-6-7-13-14(10-12)18-16-9-8-15-17-13/h1-4,6-7,10H,8-9H2. The molecular formula is C14H11O2S2. The molecular weight excluding hydrogens is 264 g/mol. The quantitative estimate of drug-likeness (QED) is 0.725. The lowest BCUT2D eigenvalue weighted by atomic mass is 10.1. The Morgan fingerprint density at radius 2 is 1.78 bits per heavy atom. The molecule has 4 heteroatoms. The summed E-state index contributed by atoms with van der Waals surface area (Å²) in [6, 6.07) is 17.5. The Labute approximate surface area is 115 Å². The fraction of sp³-hybridized carbons (Fsp3) is 0.143. The van der Waals surface area contributed by atoms with Crippen molar-refractivity contribution in [2.45, 2.75) is 9.79 Å². The summed E-state index contributed by atoms with van der Waals surface area (Å²) in [4.78, 5) is 2.19. The molecule has 0 fully saturated rings. The zero-order valence-electron chi connectivity index (χ0n) is 9.59. The second-order valence-electron chi connectivity index (χ2n) is 3.75. The maximum absolute atomic E-state index is 5.46. The van der Waals surface area contributed by atoms with Crippen molar-refractivity contribution in [2.75, 3.05) is 13.2 Å². The second-order valence-corrected chi connectivity index (χ2v) is 5.43. The van der Waals surface area contributed by atoms with E-state index in [4.69, 9.17) is 8.37 Å². The highest BCUT2D eigenvalue weighted by Crippen LogP contribution is 2.36. The minimum Gasteiger partial charge on any atom is -0.308 e. The highest BCUT2D eigenvalue weighted by molar-refractivity contribution is 7.97. The summed E-state index contributed by atoms with van der Waals surface area (Å²) in [5.74, 6) is 0. The molecule has 18 heavy (non-hydrogen) atoms. The highest BCUT2D eigenvalue weighted by Gasteiger charge is 2.11. The predicted octanol–water partition coefficient (Wildman–Crippen LogP) is 4.21. The van der Waals surface area contributed by atoms with E-state index >= 15 is 0 Å². The highest BCUT2D eigenvalue weighted by atomic mass is 32.2. The van der Waals surface area contributed by atoms with Gasteiger partial charge in [-0.2, -0.15) is 0 Å². The molecule has 0 atom stereocenters. The summed E-state index contributed by atoms with van der Waals surface area (Å²) < 4.78 is 10.9. The Hall–Kier alpha value is -0.940. The van der Waals surface area contributed by atoms with Gasteiger partial charge in [-0.3, -0.25) is 0 Å². The molecule has 0 unspecified atom stereocenters. The maximum Gasteiger partial charge on any atom is 0.0865 e. The molecule has 1 aliphatic heterocycles. The third kappa shape index (κ3) is 2.72. The summed E-state index contributed by atoms with van der Waals surface area (Å²) in [7, 11) is 0. The summed E-state index contributed by atoms with van der Waals surface area (Å²) in [5.41, 5.74) is 2.24. The molecule has 0 saturated heterocycles. The van der Waals surface area contributed by atoms with Crippen LogP contribution < -0.4 is 0 Å². The Bertz CT molecular complexity index is 529. The normalized spacial score (nSPS) is 15.6. The Morgan fingerprint density at radius 3 is 2.56 bits per heavy atom. The largest absolute Gasteiger partial charge is 0.308 e. The average molecular weight is 275 g/mol. The van der Waals surface area contributed by atoms with Crippen LogP contribution in [-0.4, -0.2) is 13.2 Å². The number of hydrogen-bond donors (Lipinski definition) is 0. The first-order valence-electron chi connectivity index (χ1n) is 5.63. The van der Waals surface area contributed by atoms with E-state index in [1.54, 1.807) is 0 Å². The fourth-order valence-corrected chi connectivity index (χ4v) is 3.01. The van der Waals surface area contributed by atoms with Gasteiger partial charge in [-0.25, -0.2) is 0 Å². The van der Waals surface area contributed by atoms with Crippen LogP contribution in [0.25, 0.3) is 11.1 Å². The molecule has 0 aromatic heterocycles. The molecule has 2 aromatic rings. The topological polar surface area (TPSA) is 18.5 Å². The monoisotopic (exact) mass is 275 g/mol. The van der Waals surface area contributed by atoms with Gasteiger partial charge in [-0.15, -0.1) is 0 Å². The molecule has 0 N–H and O–H groups in total. The Morgan fingerprint density at radius 1 is 0.944 bits per heavy atom. The van der Waals surface area contributed by atoms with Gasteiger partial charge >= 0.3 is 0 Å². The first-order chi connectivity index (χ1) is 8.93. The molecule has 2 aromatic carbocycles. The molecule has 0 bridgehead atoms. The number of rotatable bonds is 1.